The van der Waals surface area contributed by atoms with Crippen LogP contribution in [0, 0.1) is 0 Å². The van der Waals surface area contributed by atoms with Gasteiger partial charge in [-0.3, -0.25) is 9.78 Å². The highest BCUT2D eigenvalue weighted by atomic mass is 16.2. The van der Waals surface area contributed by atoms with Crippen molar-refractivity contribution in [2.24, 2.45) is 5.73 Å². The summed E-state index contributed by atoms with van der Waals surface area (Å²) in [5.74, 6) is 0.218. The molecule has 0 bridgehead atoms. The molecule has 1 amide bonds. The number of nitrogens with zero attached hydrogens (tertiary/aromatic N) is 2. The zero-order valence-corrected chi connectivity index (χ0v) is 10.2. The average molecular weight is 233 g/mol. The fraction of sp³-hybridized carbons (Fsp3) is 0.538. The predicted molar refractivity (Wildman–Crippen MR) is 66.2 cm³/mol. The summed E-state index contributed by atoms with van der Waals surface area (Å²) in [6.45, 7) is 2.86. The molecule has 92 valence electrons. The van der Waals surface area contributed by atoms with Crippen molar-refractivity contribution < 1.29 is 4.79 Å². The normalized spacial score (nSPS) is 25.1. The molecule has 0 aliphatic carbocycles. The van der Waals surface area contributed by atoms with Gasteiger partial charge < -0.3 is 10.6 Å². The zero-order valence-electron chi connectivity index (χ0n) is 10.2. The number of pyridine rings is 1. The van der Waals surface area contributed by atoms with E-state index in [4.69, 9.17) is 5.73 Å². The maximum Gasteiger partial charge on any atom is 0.223 e. The van der Waals surface area contributed by atoms with E-state index < -0.39 is 0 Å². The van der Waals surface area contributed by atoms with Gasteiger partial charge in [0, 0.05) is 31.4 Å². The molecule has 2 rings (SSSR count). The van der Waals surface area contributed by atoms with Crippen LogP contribution in [-0.4, -0.2) is 28.4 Å². The van der Waals surface area contributed by atoms with Gasteiger partial charge in [0.15, 0.2) is 0 Å². The van der Waals surface area contributed by atoms with Gasteiger partial charge in [-0.2, -0.15) is 0 Å². The molecule has 2 unspecified atom stereocenters. The summed E-state index contributed by atoms with van der Waals surface area (Å²) in [6.07, 6.45) is 5.81. The second kappa shape index (κ2) is 5.27. The number of carbonyl (C=O) groups excluding carboxylic acids is 1. The lowest BCUT2D eigenvalue weighted by atomic mass is 9.91. The van der Waals surface area contributed by atoms with Crippen LogP contribution < -0.4 is 5.73 Å². The van der Waals surface area contributed by atoms with Crippen LogP contribution in [0.2, 0.25) is 0 Å². The molecule has 0 saturated carbocycles. The van der Waals surface area contributed by atoms with Crippen molar-refractivity contribution in [2.75, 3.05) is 6.54 Å². The van der Waals surface area contributed by atoms with Crippen LogP contribution in [0.3, 0.4) is 0 Å². The Morgan fingerprint density at radius 3 is 2.82 bits per heavy atom. The third kappa shape index (κ3) is 2.47. The van der Waals surface area contributed by atoms with Crippen molar-refractivity contribution in [3.8, 4) is 0 Å². The van der Waals surface area contributed by atoms with E-state index in [1.807, 2.05) is 17.0 Å². The number of hydrogen-bond acceptors (Lipinski definition) is 3. The summed E-state index contributed by atoms with van der Waals surface area (Å²) in [5.41, 5.74) is 7.27. The van der Waals surface area contributed by atoms with Gasteiger partial charge in [0.1, 0.15) is 0 Å². The van der Waals surface area contributed by atoms with Crippen molar-refractivity contribution in [3.05, 3.63) is 30.1 Å². The molecule has 17 heavy (non-hydrogen) atoms. The highest BCUT2D eigenvalue weighted by Gasteiger charge is 2.34. The predicted octanol–water partition coefficient (Wildman–Crippen LogP) is 1.48. The Balaban J connectivity index is 2.28. The molecular formula is C13H19N3O. The third-order valence-electron chi connectivity index (χ3n) is 3.27. The van der Waals surface area contributed by atoms with Gasteiger partial charge in [0.25, 0.3) is 0 Å². The minimum atomic E-state index is 0.0131. The van der Waals surface area contributed by atoms with E-state index in [0.717, 1.165) is 24.9 Å². The van der Waals surface area contributed by atoms with E-state index in [1.54, 1.807) is 12.4 Å². The Labute approximate surface area is 102 Å². The van der Waals surface area contributed by atoms with Gasteiger partial charge >= 0.3 is 0 Å². The van der Waals surface area contributed by atoms with Crippen LogP contribution >= 0.6 is 0 Å². The highest BCUT2D eigenvalue weighted by molar-refractivity contribution is 5.77. The summed E-state index contributed by atoms with van der Waals surface area (Å²) in [7, 11) is 0. The molecule has 2 atom stereocenters. The summed E-state index contributed by atoms with van der Waals surface area (Å²) in [5, 5.41) is 0. The number of rotatable bonds is 3. The smallest absolute Gasteiger partial charge is 0.223 e. The van der Waals surface area contributed by atoms with E-state index in [0.29, 0.717) is 6.42 Å². The SMILES string of the molecule is CCCN1C(=O)CCC(N)C1c1ccncc1. The molecule has 1 aliphatic rings. The Hall–Kier alpha value is -1.42. The number of aromatic nitrogens is 1. The van der Waals surface area contributed by atoms with Gasteiger partial charge in [-0.1, -0.05) is 6.92 Å². The second-order valence-corrected chi connectivity index (χ2v) is 4.52. The number of likely N-dealkylation sites (tertiary alicyclic amines) is 1. The molecule has 1 aliphatic heterocycles. The molecule has 2 heterocycles. The van der Waals surface area contributed by atoms with E-state index in [1.165, 1.54) is 0 Å². The first-order chi connectivity index (χ1) is 8.24. The molecule has 1 fully saturated rings. The number of amides is 1. The number of hydrogen-bond donors (Lipinski definition) is 1. The minimum Gasteiger partial charge on any atom is -0.334 e. The first-order valence-electron chi connectivity index (χ1n) is 6.19. The fourth-order valence-electron chi connectivity index (χ4n) is 2.47. The van der Waals surface area contributed by atoms with Crippen LogP contribution in [0.25, 0.3) is 0 Å². The summed E-state index contributed by atoms with van der Waals surface area (Å²) < 4.78 is 0. The molecule has 4 nitrogen and oxygen atoms in total. The van der Waals surface area contributed by atoms with Gasteiger partial charge in [0.05, 0.1) is 6.04 Å². The lowest BCUT2D eigenvalue weighted by Gasteiger charge is -2.39. The summed E-state index contributed by atoms with van der Waals surface area (Å²) in [6, 6.07) is 3.94. The monoisotopic (exact) mass is 233 g/mol. The molecule has 0 spiro atoms. The van der Waals surface area contributed by atoms with E-state index in [-0.39, 0.29) is 18.0 Å². The molecule has 1 aromatic heterocycles. The third-order valence-corrected chi connectivity index (χ3v) is 3.27. The Kier molecular flexibility index (Phi) is 3.74. The van der Waals surface area contributed by atoms with Crippen molar-refractivity contribution in [3.63, 3.8) is 0 Å². The van der Waals surface area contributed by atoms with Crippen molar-refractivity contribution in [2.45, 2.75) is 38.3 Å². The highest BCUT2D eigenvalue weighted by Crippen LogP contribution is 2.30. The average Bonchev–Trinajstić information content (AvgIpc) is 2.35. The molecule has 0 radical (unpaired) electrons. The quantitative estimate of drug-likeness (QED) is 0.860. The molecule has 4 heteroatoms. The summed E-state index contributed by atoms with van der Waals surface area (Å²) >= 11 is 0. The Bertz CT molecular complexity index is 380. The maximum absolute atomic E-state index is 12.0. The van der Waals surface area contributed by atoms with Gasteiger partial charge in [-0.05, 0) is 30.5 Å². The van der Waals surface area contributed by atoms with Crippen LogP contribution in [-0.2, 0) is 4.79 Å². The number of nitrogens with two attached hydrogens (primary N) is 1. The molecule has 2 N–H and O–H groups in total. The van der Waals surface area contributed by atoms with E-state index in [9.17, 15) is 4.79 Å². The summed E-state index contributed by atoms with van der Waals surface area (Å²) in [4.78, 5) is 17.9. The maximum atomic E-state index is 12.0. The van der Waals surface area contributed by atoms with Gasteiger partial charge in [0.2, 0.25) is 5.91 Å². The molecule has 1 saturated heterocycles. The van der Waals surface area contributed by atoms with Gasteiger partial charge in [-0.25, -0.2) is 0 Å². The fourth-order valence-corrected chi connectivity index (χ4v) is 2.47. The Morgan fingerprint density at radius 1 is 1.47 bits per heavy atom. The molecule has 0 aromatic carbocycles. The number of carbonyl (C=O) groups is 1. The molecule has 1 aromatic rings. The van der Waals surface area contributed by atoms with Gasteiger partial charge in [-0.15, -0.1) is 0 Å². The first-order valence-corrected chi connectivity index (χ1v) is 6.19. The lowest BCUT2D eigenvalue weighted by Crippen LogP contribution is -2.49. The van der Waals surface area contributed by atoms with Crippen LogP contribution in [0.5, 0.6) is 0 Å². The van der Waals surface area contributed by atoms with Crippen LogP contribution in [0.4, 0.5) is 0 Å². The lowest BCUT2D eigenvalue weighted by molar-refractivity contribution is -0.137. The van der Waals surface area contributed by atoms with Crippen LogP contribution in [0.15, 0.2) is 24.5 Å². The topological polar surface area (TPSA) is 59.2 Å². The zero-order chi connectivity index (χ0) is 12.3. The Morgan fingerprint density at radius 2 is 2.18 bits per heavy atom. The number of piperidine rings is 1. The van der Waals surface area contributed by atoms with E-state index >= 15 is 0 Å². The van der Waals surface area contributed by atoms with E-state index in [2.05, 4.69) is 11.9 Å². The largest absolute Gasteiger partial charge is 0.334 e. The van der Waals surface area contributed by atoms with Crippen molar-refractivity contribution in [1.82, 2.24) is 9.88 Å². The first kappa shape index (κ1) is 12.0. The van der Waals surface area contributed by atoms with Crippen LogP contribution in [0.1, 0.15) is 37.8 Å². The second-order valence-electron chi connectivity index (χ2n) is 4.52. The van der Waals surface area contributed by atoms with Crippen molar-refractivity contribution in [1.29, 1.82) is 0 Å². The van der Waals surface area contributed by atoms with Crippen molar-refractivity contribution >= 4 is 5.91 Å². The minimum absolute atomic E-state index is 0.0131. The standard InChI is InChI=1S/C13H19N3O/c1-2-9-16-12(17)4-3-11(14)13(16)10-5-7-15-8-6-10/h5-8,11,13H,2-4,9,14H2,1H3. The molecular weight excluding hydrogens is 214 g/mol.